The van der Waals surface area contributed by atoms with Crippen LogP contribution in [-0.2, 0) is 9.59 Å². The number of thioether (sulfide) groups is 1. The van der Waals surface area contributed by atoms with E-state index in [1.54, 1.807) is 16.7 Å². The van der Waals surface area contributed by atoms with E-state index in [9.17, 15) is 9.59 Å². The first-order valence-electron chi connectivity index (χ1n) is 7.62. The van der Waals surface area contributed by atoms with Crippen molar-refractivity contribution >= 4 is 29.3 Å². The van der Waals surface area contributed by atoms with Gasteiger partial charge < -0.3 is 10.2 Å². The van der Waals surface area contributed by atoms with Gasteiger partial charge in [0, 0.05) is 29.1 Å². The number of hydrogen-bond acceptors (Lipinski definition) is 3. The lowest BCUT2D eigenvalue weighted by atomic mass is 9.99. The van der Waals surface area contributed by atoms with Crippen molar-refractivity contribution < 1.29 is 9.59 Å². The summed E-state index contributed by atoms with van der Waals surface area (Å²) in [5.41, 5.74) is 0.640. The van der Waals surface area contributed by atoms with Gasteiger partial charge in [-0.25, -0.2) is 0 Å². The van der Waals surface area contributed by atoms with Gasteiger partial charge in [0.2, 0.25) is 11.8 Å². The van der Waals surface area contributed by atoms with E-state index < -0.39 is 0 Å². The second-order valence-corrected chi connectivity index (χ2v) is 7.21. The van der Waals surface area contributed by atoms with Crippen LogP contribution in [0.1, 0.15) is 33.6 Å². The molecule has 4 nitrogen and oxygen atoms in total. The molecule has 2 rings (SSSR count). The summed E-state index contributed by atoms with van der Waals surface area (Å²) in [7, 11) is 0. The predicted molar refractivity (Wildman–Crippen MR) is 91.2 cm³/mol. The van der Waals surface area contributed by atoms with Gasteiger partial charge in [0.15, 0.2) is 0 Å². The van der Waals surface area contributed by atoms with Crippen molar-refractivity contribution in [3.8, 4) is 0 Å². The molecule has 22 heavy (non-hydrogen) atoms. The van der Waals surface area contributed by atoms with Crippen LogP contribution in [-0.4, -0.2) is 30.2 Å². The molecular weight excluding hydrogens is 296 g/mol. The number of anilines is 1. The second-order valence-electron chi connectivity index (χ2n) is 6.33. The molecular formula is C17H24N2O2S. The zero-order valence-corrected chi connectivity index (χ0v) is 14.5. The summed E-state index contributed by atoms with van der Waals surface area (Å²) in [4.78, 5) is 27.4. The fourth-order valence-corrected chi connectivity index (χ4v) is 2.83. The monoisotopic (exact) mass is 320 g/mol. The summed E-state index contributed by atoms with van der Waals surface area (Å²) in [6, 6.07) is 7.89. The predicted octanol–water partition coefficient (Wildman–Crippen LogP) is 3.07. The first-order chi connectivity index (χ1) is 10.4. The molecule has 0 aromatic heterocycles. The molecule has 1 aliphatic heterocycles. The average Bonchev–Trinajstić information content (AvgIpc) is 2.89. The van der Waals surface area contributed by atoms with Gasteiger partial charge in [-0.3, -0.25) is 9.59 Å². The molecule has 0 spiro atoms. The quantitative estimate of drug-likeness (QED) is 0.848. The third-order valence-corrected chi connectivity index (χ3v) is 4.97. The number of nitrogens with zero attached hydrogens (tertiary/aromatic N) is 1. The van der Waals surface area contributed by atoms with E-state index in [1.807, 2.05) is 51.3 Å². The van der Waals surface area contributed by atoms with Crippen LogP contribution in [0.3, 0.4) is 0 Å². The first-order valence-corrected chi connectivity index (χ1v) is 8.85. The molecule has 2 amide bonds. The van der Waals surface area contributed by atoms with E-state index in [2.05, 4.69) is 5.32 Å². The third kappa shape index (κ3) is 3.83. The molecule has 5 heteroatoms. The van der Waals surface area contributed by atoms with E-state index in [0.29, 0.717) is 6.54 Å². The summed E-state index contributed by atoms with van der Waals surface area (Å²) >= 11 is 1.67. The topological polar surface area (TPSA) is 49.4 Å². The lowest BCUT2D eigenvalue weighted by Crippen LogP contribution is -2.46. The molecule has 1 saturated heterocycles. The molecule has 0 bridgehead atoms. The Morgan fingerprint density at radius 1 is 1.36 bits per heavy atom. The maximum absolute atomic E-state index is 12.3. The van der Waals surface area contributed by atoms with E-state index in [-0.39, 0.29) is 29.7 Å². The SMILES string of the molecule is CCC(C)(C)NC(=O)[C@@H]1CC(=O)N(c2ccc(SC)cc2)C1. The van der Waals surface area contributed by atoms with E-state index >= 15 is 0 Å². The van der Waals surface area contributed by atoms with Gasteiger partial charge in [-0.2, -0.15) is 0 Å². The molecule has 0 radical (unpaired) electrons. The Hall–Kier alpha value is -1.49. The van der Waals surface area contributed by atoms with E-state index in [4.69, 9.17) is 0 Å². The van der Waals surface area contributed by atoms with Crippen molar-refractivity contribution in [2.45, 2.75) is 44.0 Å². The number of nitrogens with one attached hydrogen (secondary N) is 1. The van der Waals surface area contributed by atoms with Crippen molar-refractivity contribution in [1.82, 2.24) is 5.32 Å². The molecule has 1 N–H and O–H groups in total. The van der Waals surface area contributed by atoms with Crippen LogP contribution < -0.4 is 10.2 Å². The van der Waals surface area contributed by atoms with Gasteiger partial charge in [0.05, 0.1) is 5.92 Å². The fourth-order valence-electron chi connectivity index (χ4n) is 2.42. The zero-order valence-electron chi connectivity index (χ0n) is 13.7. The minimum atomic E-state index is -0.265. The summed E-state index contributed by atoms with van der Waals surface area (Å²) in [5.74, 6) is -0.270. The second kappa shape index (κ2) is 6.73. The number of amides is 2. The summed E-state index contributed by atoms with van der Waals surface area (Å²) < 4.78 is 0. The fraction of sp³-hybridized carbons (Fsp3) is 0.529. The highest BCUT2D eigenvalue weighted by atomic mass is 32.2. The van der Waals surface area contributed by atoms with Crippen LogP contribution in [0.4, 0.5) is 5.69 Å². The van der Waals surface area contributed by atoms with Gasteiger partial charge in [0.1, 0.15) is 0 Å². The minimum absolute atomic E-state index is 0.0198. The molecule has 1 heterocycles. The number of benzene rings is 1. The van der Waals surface area contributed by atoms with Crippen LogP contribution in [0.5, 0.6) is 0 Å². The van der Waals surface area contributed by atoms with Crippen LogP contribution in [0, 0.1) is 5.92 Å². The largest absolute Gasteiger partial charge is 0.351 e. The van der Waals surface area contributed by atoms with Gasteiger partial charge in [-0.05, 0) is 50.8 Å². The van der Waals surface area contributed by atoms with Crippen molar-refractivity contribution in [1.29, 1.82) is 0 Å². The summed E-state index contributed by atoms with van der Waals surface area (Å²) in [6.45, 7) is 6.50. The lowest BCUT2D eigenvalue weighted by Gasteiger charge is -2.26. The van der Waals surface area contributed by atoms with E-state index in [1.165, 1.54) is 0 Å². The normalized spacial score (nSPS) is 18.6. The van der Waals surface area contributed by atoms with Crippen molar-refractivity contribution in [2.75, 3.05) is 17.7 Å². The Kier molecular flexibility index (Phi) is 5.16. The van der Waals surface area contributed by atoms with Crippen molar-refractivity contribution in [3.05, 3.63) is 24.3 Å². The molecule has 1 aromatic rings. The highest BCUT2D eigenvalue weighted by molar-refractivity contribution is 7.98. The Balaban J connectivity index is 2.05. The number of rotatable bonds is 5. The third-order valence-electron chi connectivity index (χ3n) is 4.23. The molecule has 1 aliphatic rings. The smallest absolute Gasteiger partial charge is 0.227 e. The van der Waals surface area contributed by atoms with Crippen LogP contribution >= 0.6 is 11.8 Å². The standard InChI is InChI=1S/C17H24N2O2S/c1-5-17(2,3)18-16(21)12-10-15(20)19(11-12)13-6-8-14(22-4)9-7-13/h6-9,12H,5,10-11H2,1-4H3,(H,18,21)/t12-/m1/s1. The molecule has 1 fully saturated rings. The number of carbonyl (C=O) groups excluding carboxylic acids is 2. The van der Waals surface area contributed by atoms with Gasteiger partial charge in [0.25, 0.3) is 0 Å². The highest BCUT2D eigenvalue weighted by Gasteiger charge is 2.36. The molecule has 1 aromatic carbocycles. The van der Waals surface area contributed by atoms with Crippen molar-refractivity contribution in [2.24, 2.45) is 5.92 Å². The number of carbonyl (C=O) groups is 2. The first kappa shape index (κ1) is 16.9. The Bertz CT molecular complexity index is 554. The maximum Gasteiger partial charge on any atom is 0.227 e. The Labute approximate surface area is 136 Å². The molecule has 1 atom stereocenters. The summed E-state index contributed by atoms with van der Waals surface area (Å²) in [6.07, 6.45) is 3.17. The molecule has 120 valence electrons. The molecule has 0 unspecified atom stereocenters. The van der Waals surface area contributed by atoms with Crippen LogP contribution in [0.2, 0.25) is 0 Å². The van der Waals surface area contributed by atoms with E-state index in [0.717, 1.165) is 17.0 Å². The zero-order chi connectivity index (χ0) is 16.3. The van der Waals surface area contributed by atoms with Crippen LogP contribution in [0.25, 0.3) is 0 Å². The van der Waals surface area contributed by atoms with Gasteiger partial charge in [-0.15, -0.1) is 11.8 Å². The summed E-state index contributed by atoms with van der Waals surface area (Å²) in [5, 5.41) is 3.04. The van der Waals surface area contributed by atoms with Gasteiger partial charge in [-0.1, -0.05) is 6.92 Å². The molecule has 0 aliphatic carbocycles. The lowest BCUT2D eigenvalue weighted by molar-refractivity contribution is -0.127. The van der Waals surface area contributed by atoms with Gasteiger partial charge >= 0.3 is 0 Å². The Morgan fingerprint density at radius 3 is 2.55 bits per heavy atom. The van der Waals surface area contributed by atoms with Crippen molar-refractivity contribution in [3.63, 3.8) is 0 Å². The number of hydrogen-bond donors (Lipinski definition) is 1. The highest BCUT2D eigenvalue weighted by Crippen LogP contribution is 2.27. The van der Waals surface area contributed by atoms with Crippen LogP contribution in [0.15, 0.2) is 29.2 Å². The Morgan fingerprint density at radius 2 is 2.00 bits per heavy atom. The molecule has 0 saturated carbocycles. The minimum Gasteiger partial charge on any atom is -0.351 e. The maximum atomic E-state index is 12.3. The average molecular weight is 320 g/mol.